The van der Waals surface area contributed by atoms with Crippen molar-refractivity contribution < 1.29 is 37.7 Å². The van der Waals surface area contributed by atoms with Crippen LogP contribution < -0.4 is 0 Å². The summed E-state index contributed by atoms with van der Waals surface area (Å²) in [6, 6.07) is 0. The Kier molecular flexibility index (Phi) is 18.8. The summed E-state index contributed by atoms with van der Waals surface area (Å²) in [5.74, 6) is -0.335. The monoisotopic (exact) mass is 723 g/mol. The third-order valence-corrected chi connectivity index (χ3v) is 12.4. The molecule has 0 bridgehead atoms. The zero-order valence-corrected chi connectivity index (χ0v) is 33.6. The number of cyclic esters (lactones) is 1. The molecule has 4 aliphatic rings. The molecule has 4 saturated heterocycles. The van der Waals surface area contributed by atoms with Crippen LogP contribution in [0.25, 0.3) is 0 Å². The first-order chi connectivity index (χ1) is 24.1. The van der Waals surface area contributed by atoms with Crippen molar-refractivity contribution in [3.05, 3.63) is 0 Å². The third kappa shape index (κ3) is 15.3. The van der Waals surface area contributed by atoms with Crippen LogP contribution in [0.5, 0.6) is 0 Å². The summed E-state index contributed by atoms with van der Waals surface area (Å²) in [5.41, 5.74) is 0. The lowest BCUT2D eigenvalue weighted by molar-refractivity contribution is -0.154. The average molecular weight is 723 g/mol. The molecule has 4 aliphatic heterocycles. The fourth-order valence-electron chi connectivity index (χ4n) is 8.69. The molecule has 0 radical (unpaired) electrons. The molecule has 0 aromatic heterocycles. The molecular formula is C41H74O8Si. The van der Waals surface area contributed by atoms with Crippen molar-refractivity contribution in [3.63, 3.8) is 0 Å². The van der Waals surface area contributed by atoms with Gasteiger partial charge in [-0.25, -0.2) is 0 Å². The Morgan fingerprint density at radius 1 is 0.720 bits per heavy atom. The van der Waals surface area contributed by atoms with Gasteiger partial charge in [-0.15, -0.1) is 0 Å². The van der Waals surface area contributed by atoms with Gasteiger partial charge in [-0.05, 0) is 97.2 Å². The second-order valence-electron chi connectivity index (χ2n) is 17.0. The Bertz CT molecular complexity index is 971. The normalized spacial score (nSPS) is 31.2. The van der Waals surface area contributed by atoms with Gasteiger partial charge in [-0.2, -0.15) is 0 Å². The fourth-order valence-corrected chi connectivity index (χ4v) is 9.87. The molecule has 9 heteroatoms. The molecule has 4 heterocycles. The Hall–Kier alpha value is -0.843. The van der Waals surface area contributed by atoms with Gasteiger partial charge in [0.15, 0.2) is 8.32 Å². The molecule has 0 saturated carbocycles. The number of carbonyl (C=O) groups is 2. The van der Waals surface area contributed by atoms with Crippen molar-refractivity contribution in [2.45, 2.75) is 236 Å². The summed E-state index contributed by atoms with van der Waals surface area (Å²) in [6.45, 7) is 11.1. The average Bonchev–Trinajstić information content (AvgIpc) is 3.78. The highest BCUT2D eigenvalue weighted by Crippen LogP contribution is 2.35. The van der Waals surface area contributed by atoms with Gasteiger partial charge in [0, 0.05) is 6.42 Å². The van der Waals surface area contributed by atoms with Crippen molar-refractivity contribution in [2.24, 2.45) is 5.92 Å². The second-order valence-corrected chi connectivity index (χ2v) is 21.5. The zero-order valence-electron chi connectivity index (χ0n) is 32.6. The van der Waals surface area contributed by atoms with E-state index < -0.39 is 8.32 Å². The van der Waals surface area contributed by atoms with Crippen molar-refractivity contribution >= 4 is 20.1 Å². The molecule has 290 valence electrons. The summed E-state index contributed by atoms with van der Waals surface area (Å²) >= 11 is 0. The molecule has 9 atom stereocenters. The van der Waals surface area contributed by atoms with E-state index in [0.29, 0.717) is 25.7 Å². The molecule has 0 unspecified atom stereocenters. The Balaban J connectivity index is 1.07. The molecule has 0 aromatic rings. The topological polar surface area (TPSA) is 89.5 Å². The first kappa shape index (κ1) is 41.9. The maximum atomic E-state index is 12.0. The predicted octanol–water partition coefficient (Wildman–Crippen LogP) is 10.00. The Morgan fingerprint density at radius 2 is 1.28 bits per heavy atom. The quantitative estimate of drug-likeness (QED) is 0.0553. The second kappa shape index (κ2) is 22.4. The molecule has 0 aromatic carbocycles. The number of ketones is 1. The van der Waals surface area contributed by atoms with E-state index in [2.05, 4.69) is 26.6 Å². The summed E-state index contributed by atoms with van der Waals surface area (Å²) in [6.07, 6.45) is 28.1. The minimum absolute atomic E-state index is 0.00119. The number of hydrogen-bond donors (Lipinski definition) is 0. The molecule has 0 spiro atoms. The van der Waals surface area contributed by atoms with Crippen LogP contribution in [0, 0.1) is 5.92 Å². The smallest absolute Gasteiger partial charge is 0.309 e. The molecule has 0 aliphatic carbocycles. The van der Waals surface area contributed by atoms with Crippen LogP contribution in [0.2, 0.25) is 19.6 Å². The SMILES string of the molecule is CCCCCCCCCC[C@@H](O[Si](C)(C)C)[C@H]1CC[C@H]([C@H]2CC[C@@H]([C@@H]3CC[C@@H](CCCCCCC[C@@H]4C[C@H](CC(C)=O)C(=O)O4)O3)OCO2)O1. The Labute approximate surface area is 306 Å². The summed E-state index contributed by atoms with van der Waals surface area (Å²) in [7, 11) is -1.67. The highest BCUT2D eigenvalue weighted by Gasteiger charge is 2.41. The summed E-state index contributed by atoms with van der Waals surface area (Å²) in [4.78, 5) is 23.3. The van der Waals surface area contributed by atoms with Gasteiger partial charge in [0.25, 0.3) is 0 Å². The number of ether oxygens (including phenoxy) is 5. The minimum atomic E-state index is -1.67. The van der Waals surface area contributed by atoms with Crippen molar-refractivity contribution in [2.75, 3.05) is 6.79 Å². The maximum absolute atomic E-state index is 12.0. The van der Waals surface area contributed by atoms with E-state index in [1.165, 1.54) is 70.6 Å². The highest BCUT2D eigenvalue weighted by molar-refractivity contribution is 6.69. The standard InChI is InChI=1S/C41H74O8Si/c1-6-7-8-9-10-11-15-18-21-40(49-50(3,4)5)39-27-26-38(48-39)36-25-24-35(44-30-45-36)37-23-22-33(46-37)19-16-13-12-14-17-20-34-29-32(28-31(2)42)41(43)47-34/h32-40H,6-30H2,1-5H3/t32-,33+,34+,35-,36+,37-,38+,39+,40+/m0/s1. The van der Waals surface area contributed by atoms with Crippen molar-refractivity contribution in [1.29, 1.82) is 0 Å². The van der Waals surface area contributed by atoms with Crippen LogP contribution in [0.15, 0.2) is 0 Å². The first-order valence-electron chi connectivity index (χ1n) is 21.0. The van der Waals surface area contributed by atoms with E-state index in [9.17, 15) is 9.59 Å². The van der Waals surface area contributed by atoms with Gasteiger partial charge >= 0.3 is 5.97 Å². The van der Waals surface area contributed by atoms with E-state index in [0.717, 1.165) is 70.6 Å². The van der Waals surface area contributed by atoms with Gasteiger partial charge in [-0.1, -0.05) is 84.0 Å². The number of carbonyl (C=O) groups excluding carboxylic acids is 2. The van der Waals surface area contributed by atoms with Crippen LogP contribution in [0.4, 0.5) is 0 Å². The summed E-state index contributed by atoms with van der Waals surface area (Å²) in [5, 5.41) is 0. The van der Waals surface area contributed by atoms with E-state index in [1.54, 1.807) is 6.92 Å². The number of rotatable bonds is 24. The van der Waals surface area contributed by atoms with Crippen LogP contribution in [-0.2, 0) is 37.7 Å². The van der Waals surface area contributed by atoms with E-state index in [-0.39, 0.29) is 60.4 Å². The number of unbranched alkanes of at least 4 members (excludes halogenated alkanes) is 11. The zero-order chi connectivity index (χ0) is 35.8. The van der Waals surface area contributed by atoms with Crippen molar-refractivity contribution in [1.82, 2.24) is 0 Å². The Morgan fingerprint density at radius 3 is 1.92 bits per heavy atom. The van der Waals surface area contributed by atoms with Gasteiger partial charge in [0.05, 0.1) is 48.6 Å². The van der Waals surface area contributed by atoms with Crippen LogP contribution in [0.1, 0.15) is 168 Å². The molecule has 8 nitrogen and oxygen atoms in total. The van der Waals surface area contributed by atoms with Gasteiger partial charge < -0.3 is 32.9 Å². The van der Waals surface area contributed by atoms with Gasteiger partial charge in [-0.3, -0.25) is 4.79 Å². The fraction of sp³-hybridized carbons (Fsp3) is 0.951. The van der Waals surface area contributed by atoms with E-state index >= 15 is 0 Å². The molecular weight excluding hydrogens is 649 g/mol. The lowest BCUT2D eigenvalue weighted by Gasteiger charge is -2.31. The first-order valence-corrected chi connectivity index (χ1v) is 24.4. The third-order valence-electron chi connectivity index (χ3n) is 11.4. The van der Waals surface area contributed by atoms with Gasteiger partial charge in [0.1, 0.15) is 18.7 Å². The number of Topliss-reactive ketones (excluding diaryl/α,β-unsaturated/α-hetero) is 1. The molecule has 4 fully saturated rings. The lowest BCUT2D eigenvalue weighted by atomic mass is 9.96. The van der Waals surface area contributed by atoms with E-state index in [1.807, 2.05) is 0 Å². The van der Waals surface area contributed by atoms with E-state index in [4.69, 9.17) is 28.1 Å². The minimum Gasteiger partial charge on any atom is -0.462 e. The van der Waals surface area contributed by atoms with Crippen LogP contribution in [-0.4, -0.2) is 75.7 Å². The molecule has 4 rings (SSSR count). The summed E-state index contributed by atoms with van der Waals surface area (Å²) < 4.78 is 38.0. The predicted molar refractivity (Wildman–Crippen MR) is 201 cm³/mol. The number of esters is 1. The lowest BCUT2D eigenvalue weighted by Crippen LogP contribution is -2.40. The maximum Gasteiger partial charge on any atom is 0.309 e. The molecule has 50 heavy (non-hydrogen) atoms. The highest BCUT2D eigenvalue weighted by atomic mass is 28.4. The van der Waals surface area contributed by atoms with Crippen LogP contribution >= 0.6 is 0 Å². The molecule has 0 N–H and O–H groups in total. The van der Waals surface area contributed by atoms with Crippen molar-refractivity contribution in [3.8, 4) is 0 Å². The van der Waals surface area contributed by atoms with Gasteiger partial charge in [0.2, 0.25) is 0 Å². The molecule has 0 amide bonds. The number of hydrogen-bond acceptors (Lipinski definition) is 8. The van der Waals surface area contributed by atoms with Crippen LogP contribution in [0.3, 0.4) is 0 Å². The largest absolute Gasteiger partial charge is 0.462 e.